The SMILES string of the molecule is CCSc1ccc(Cl)c(OC)c1. The second-order valence-electron chi connectivity index (χ2n) is 2.23. The van der Waals surface area contributed by atoms with Crippen LogP contribution in [-0.2, 0) is 0 Å². The molecule has 12 heavy (non-hydrogen) atoms. The van der Waals surface area contributed by atoms with Crippen molar-refractivity contribution in [1.82, 2.24) is 0 Å². The van der Waals surface area contributed by atoms with E-state index in [1.807, 2.05) is 18.2 Å². The molecule has 0 bridgehead atoms. The smallest absolute Gasteiger partial charge is 0.138 e. The van der Waals surface area contributed by atoms with Crippen LogP contribution in [0.2, 0.25) is 5.02 Å². The van der Waals surface area contributed by atoms with E-state index in [2.05, 4.69) is 6.92 Å². The minimum absolute atomic E-state index is 0.665. The first-order chi connectivity index (χ1) is 5.77. The molecule has 0 saturated carbocycles. The summed E-state index contributed by atoms with van der Waals surface area (Å²) in [6.07, 6.45) is 0. The Morgan fingerprint density at radius 1 is 1.50 bits per heavy atom. The van der Waals surface area contributed by atoms with Crippen LogP contribution in [0.5, 0.6) is 5.75 Å². The molecule has 0 fully saturated rings. The molecule has 66 valence electrons. The first-order valence-electron chi connectivity index (χ1n) is 3.74. The maximum atomic E-state index is 5.86. The van der Waals surface area contributed by atoms with Gasteiger partial charge in [-0.25, -0.2) is 0 Å². The fourth-order valence-electron chi connectivity index (χ4n) is 0.897. The molecule has 1 nitrogen and oxygen atoms in total. The normalized spacial score (nSPS) is 9.92. The Kier molecular flexibility index (Phi) is 3.76. The van der Waals surface area contributed by atoms with E-state index in [-0.39, 0.29) is 0 Å². The molecule has 0 amide bonds. The van der Waals surface area contributed by atoms with E-state index in [1.165, 1.54) is 4.90 Å². The topological polar surface area (TPSA) is 9.23 Å². The first kappa shape index (κ1) is 9.75. The van der Waals surface area contributed by atoms with Crippen molar-refractivity contribution in [2.75, 3.05) is 12.9 Å². The van der Waals surface area contributed by atoms with Crippen molar-refractivity contribution in [3.63, 3.8) is 0 Å². The highest BCUT2D eigenvalue weighted by Gasteiger charge is 2.00. The Bertz CT molecular complexity index is 263. The van der Waals surface area contributed by atoms with E-state index in [1.54, 1.807) is 18.9 Å². The average molecular weight is 203 g/mol. The summed E-state index contributed by atoms with van der Waals surface area (Å²) < 4.78 is 5.09. The highest BCUT2D eigenvalue weighted by molar-refractivity contribution is 7.99. The van der Waals surface area contributed by atoms with E-state index in [0.29, 0.717) is 5.02 Å². The summed E-state index contributed by atoms with van der Waals surface area (Å²) in [5.41, 5.74) is 0. The predicted molar refractivity (Wildman–Crippen MR) is 54.4 cm³/mol. The van der Waals surface area contributed by atoms with Gasteiger partial charge in [-0.1, -0.05) is 18.5 Å². The summed E-state index contributed by atoms with van der Waals surface area (Å²) in [5, 5.41) is 0.665. The zero-order valence-corrected chi connectivity index (χ0v) is 8.71. The van der Waals surface area contributed by atoms with Gasteiger partial charge in [0.2, 0.25) is 0 Å². The maximum Gasteiger partial charge on any atom is 0.138 e. The second kappa shape index (κ2) is 4.63. The molecular weight excluding hydrogens is 192 g/mol. The molecule has 0 N–H and O–H groups in total. The highest BCUT2D eigenvalue weighted by Crippen LogP contribution is 2.29. The summed E-state index contributed by atoms with van der Waals surface area (Å²) in [4.78, 5) is 1.19. The molecule has 0 spiro atoms. The van der Waals surface area contributed by atoms with E-state index in [4.69, 9.17) is 16.3 Å². The zero-order valence-electron chi connectivity index (χ0n) is 7.13. The summed E-state index contributed by atoms with van der Waals surface area (Å²) in [7, 11) is 1.63. The van der Waals surface area contributed by atoms with Gasteiger partial charge in [0.1, 0.15) is 5.75 Å². The number of ether oxygens (including phenoxy) is 1. The molecule has 1 rings (SSSR count). The maximum absolute atomic E-state index is 5.86. The molecule has 3 heteroatoms. The Hall–Kier alpha value is -0.340. The van der Waals surface area contributed by atoms with Crippen molar-refractivity contribution in [3.05, 3.63) is 23.2 Å². The van der Waals surface area contributed by atoms with Gasteiger partial charge >= 0.3 is 0 Å². The lowest BCUT2D eigenvalue weighted by Crippen LogP contribution is -1.84. The summed E-state index contributed by atoms with van der Waals surface area (Å²) in [6, 6.07) is 5.81. The minimum atomic E-state index is 0.665. The van der Waals surface area contributed by atoms with Gasteiger partial charge in [-0.15, -0.1) is 11.8 Å². The van der Waals surface area contributed by atoms with Crippen LogP contribution in [0, 0.1) is 0 Å². The van der Waals surface area contributed by atoms with Gasteiger partial charge < -0.3 is 4.74 Å². The second-order valence-corrected chi connectivity index (χ2v) is 3.97. The zero-order chi connectivity index (χ0) is 8.97. The van der Waals surface area contributed by atoms with Gasteiger partial charge in [0.05, 0.1) is 12.1 Å². The van der Waals surface area contributed by atoms with E-state index in [9.17, 15) is 0 Å². The van der Waals surface area contributed by atoms with Crippen molar-refractivity contribution in [2.45, 2.75) is 11.8 Å². The van der Waals surface area contributed by atoms with Crippen LogP contribution in [0.15, 0.2) is 23.1 Å². The molecule has 0 aliphatic heterocycles. The predicted octanol–water partition coefficient (Wildman–Crippen LogP) is 3.46. The van der Waals surface area contributed by atoms with E-state index >= 15 is 0 Å². The van der Waals surface area contributed by atoms with Crippen LogP contribution in [0.25, 0.3) is 0 Å². The Labute approximate surface area is 82.1 Å². The Morgan fingerprint density at radius 2 is 2.25 bits per heavy atom. The van der Waals surface area contributed by atoms with Gasteiger partial charge in [-0.05, 0) is 24.0 Å². The number of hydrogen-bond donors (Lipinski definition) is 0. The lowest BCUT2D eigenvalue weighted by Gasteiger charge is -2.04. The van der Waals surface area contributed by atoms with Crippen LogP contribution >= 0.6 is 23.4 Å². The molecule has 0 aliphatic carbocycles. The molecule has 0 atom stereocenters. The standard InChI is InChI=1S/C9H11ClOS/c1-3-12-7-4-5-8(10)9(6-7)11-2/h4-6H,3H2,1-2H3. The largest absolute Gasteiger partial charge is 0.495 e. The van der Waals surface area contributed by atoms with Crippen LogP contribution in [0.4, 0.5) is 0 Å². The van der Waals surface area contributed by atoms with Crippen molar-refractivity contribution in [1.29, 1.82) is 0 Å². The summed E-state index contributed by atoms with van der Waals surface area (Å²) in [5.74, 6) is 1.81. The average Bonchev–Trinajstić information content (AvgIpc) is 2.09. The number of thioether (sulfide) groups is 1. The third kappa shape index (κ3) is 2.32. The molecule has 0 radical (unpaired) electrons. The van der Waals surface area contributed by atoms with Crippen LogP contribution in [0.1, 0.15) is 6.92 Å². The molecule has 1 aromatic rings. The van der Waals surface area contributed by atoms with Gasteiger partial charge in [0.15, 0.2) is 0 Å². The minimum Gasteiger partial charge on any atom is -0.495 e. The molecule has 0 aromatic heterocycles. The summed E-state index contributed by atoms with van der Waals surface area (Å²) in [6.45, 7) is 2.12. The third-order valence-electron chi connectivity index (χ3n) is 1.43. The molecular formula is C9H11ClOS. The molecule has 0 saturated heterocycles. The van der Waals surface area contributed by atoms with Gasteiger partial charge in [-0.3, -0.25) is 0 Å². The first-order valence-corrected chi connectivity index (χ1v) is 5.10. The molecule has 0 unspecified atom stereocenters. The fraction of sp³-hybridized carbons (Fsp3) is 0.333. The number of hydrogen-bond acceptors (Lipinski definition) is 2. The van der Waals surface area contributed by atoms with E-state index in [0.717, 1.165) is 11.5 Å². The van der Waals surface area contributed by atoms with E-state index < -0.39 is 0 Å². The van der Waals surface area contributed by atoms with Crippen molar-refractivity contribution < 1.29 is 4.74 Å². The van der Waals surface area contributed by atoms with Crippen molar-refractivity contribution >= 4 is 23.4 Å². The number of methoxy groups -OCH3 is 1. The summed E-state index contributed by atoms with van der Waals surface area (Å²) >= 11 is 7.64. The van der Waals surface area contributed by atoms with Crippen LogP contribution in [-0.4, -0.2) is 12.9 Å². The molecule has 1 aromatic carbocycles. The Balaban J connectivity index is 2.89. The number of benzene rings is 1. The number of rotatable bonds is 3. The van der Waals surface area contributed by atoms with Crippen molar-refractivity contribution in [3.8, 4) is 5.75 Å². The monoisotopic (exact) mass is 202 g/mol. The molecule has 0 heterocycles. The quantitative estimate of drug-likeness (QED) is 0.695. The van der Waals surface area contributed by atoms with Gasteiger partial charge in [0, 0.05) is 4.90 Å². The highest BCUT2D eigenvalue weighted by atomic mass is 35.5. The third-order valence-corrected chi connectivity index (χ3v) is 2.62. The lowest BCUT2D eigenvalue weighted by molar-refractivity contribution is 0.414. The lowest BCUT2D eigenvalue weighted by atomic mass is 10.3. The van der Waals surface area contributed by atoms with Gasteiger partial charge in [-0.2, -0.15) is 0 Å². The van der Waals surface area contributed by atoms with Gasteiger partial charge in [0.25, 0.3) is 0 Å². The fourth-order valence-corrected chi connectivity index (χ4v) is 1.78. The number of halogens is 1. The Morgan fingerprint density at radius 3 is 2.83 bits per heavy atom. The molecule has 0 aliphatic rings. The van der Waals surface area contributed by atoms with Crippen molar-refractivity contribution in [2.24, 2.45) is 0 Å². The van der Waals surface area contributed by atoms with Crippen LogP contribution in [0.3, 0.4) is 0 Å². The van der Waals surface area contributed by atoms with Crippen LogP contribution < -0.4 is 4.74 Å².